The van der Waals surface area contributed by atoms with Crippen molar-refractivity contribution in [2.45, 2.75) is 13.0 Å². The summed E-state index contributed by atoms with van der Waals surface area (Å²) in [4.78, 5) is 12.1. The van der Waals surface area contributed by atoms with Crippen molar-refractivity contribution in [3.8, 4) is 0 Å². The highest BCUT2D eigenvalue weighted by Crippen LogP contribution is 2.27. The lowest BCUT2D eigenvalue weighted by atomic mass is 10.2. The first-order chi connectivity index (χ1) is 11.3. The number of halogens is 2. The minimum absolute atomic E-state index is 0.0390. The number of hydrogen-bond acceptors (Lipinski definition) is 6. The van der Waals surface area contributed by atoms with Crippen LogP contribution in [0.25, 0.3) is 11.0 Å². The summed E-state index contributed by atoms with van der Waals surface area (Å²) in [7, 11) is -3.02. The van der Waals surface area contributed by atoms with E-state index in [0.717, 1.165) is 4.47 Å². The fourth-order valence-corrected chi connectivity index (χ4v) is 4.73. The average Bonchev–Trinajstić information content (AvgIpc) is 2.49. The van der Waals surface area contributed by atoms with Crippen LogP contribution in [0.1, 0.15) is 12.5 Å². The standard InChI is InChI=1S/C15H14BrClN2O4S/c1-9-8-24(21,22)5-4-19(9)18-7-12-14(17)11-6-10(16)2-3-13(11)23-15(12)20/h2-3,6-7,9H,4-5,8H2,1H3. The predicted octanol–water partition coefficient (Wildman–Crippen LogP) is 2.66. The maximum atomic E-state index is 12.1. The number of rotatable bonds is 2. The summed E-state index contributed by atoms with van der Waals surface area (Å²) in [6.07, 6.45) is 1.34. The Morgan fingerprint density at radius 1 is 1.46 bits per heavy atom. The Morgan fingerprint density at radius 3 is 2.92 bits per heavy atom. The molecule has 6 nitrogen and oxygen atoms in total. The SMILES string of the molecule is CC1CS(=O)(=O)CCN1N=Cc1c(Cl)c2cc(Br)ccc2oc1=O. The molecule has 1 saturated heterocycles. The van der Waals surface area contributed by atoms with Crippen LogP contribution in [0.5, 0.6) is 0 Å². The molecule has 0 saturated carbocycles. The Hall–Kier alpha value is -1.38. The highest BCUT2D eigenvalue weighted by atomic mass is 79.9. The van der Waals surface area contributed by atoms with Crippen LogP contribution in [-0.2, 0) is 9.84 Å². The topological polar surface area (TPSA) is 80.0 Å². The van der Waals surface area contributed by atoms with Crippen LogP contribution in [0.3, 0.4) is 0 Å². The molecule has 0 bridgehead atoms. The van der Waals surface area contributed by atoms with Gasteiger partial charge in [-0.15, -0.1) is 0 Å². The summed E-state index contributed by atoms with van der Waals surface area (Å²) in [5.74, 6) is 0.0824. The summed E-state index contributed by atoms with van der Waals surface area (Å²) in [5, 5.41) is 6.73. The first-order valence-electron chi connectivity index (χ1n) is 7.20. The second-order valence-corrected chi connectivity index (χ2v) is 9.15. The molecular weight excluding hydrogens is 420 g/mol. The van der Waals surface area contributed by atoms with Crippen LogP contribution in [0, 0.1) is 0 Å². The maximum absolute atomic E-state index is 12.1. The smallest absolute Gasteiger partial charge is 0.346 e. The van der Waals surface area contributed by atoms with Gasteiger partial charge in [-0.25, -0.2) is 13.2 Å². The van der Waals surface area contributed by atoms with Crippen molar-refractivity contribution in [2.75, 3.05) is 18.1 Å². The fraction of sp³-hybridized carbons (Fsp3) is 0.333. The van der Waals surface area contributed by atoms with E-state index in [1.54, 1.807) is 30.1 Å². The van der Waals surface area contributed by atoms with E-state index in [4.69, 9.17) is 16.0 Å². The Morgan fingerprint density at radius 2 is 2.21 bits per heavy atom. The molecule has 1 fully saturated rings. The zero-order chi connectivity index (χ0) is 17.5. The fourth-order valence-electron chi connectivity index (χ4n) is 2.55. The van der Waals surface area contributed by atoms with Gasteiger partial charge in [0.1, 0.15) is 5.58 Å². The zero-order valence-electron chi connectivity index (χ0n) is 12.7. The van der Waals surface area contributed by atoms with Gasteiger partial charge in [-0.05, 0) is 25.1 Å². The Labute approximate surface area is 152 Å². The quantitative estimate of drug-likeness (QED) is 0.537. The molecule has 3 rings (SSSR count). The van der Waals surface area contributed by atoms with Crippen molar-refractivity contribution < 1.29 is 12.8 Å². The highest BCUT2D eigenvalue weighted by molar-refractivity contribution is 9.10. The number of benzene rings is 1. The zero-order valence-corrected chi connectivity index (χ0v) is 15.9. The van der Waals surface area contributed by atoms with Gasteiger partial charge in [-0.1, -0.05) is 27.5 Å². The number of sulfone groups is 1. The van der Waals surface area contributed by atoms with Gasteiger partial charge in [0, 0.05) is 9.86 Å². The summed E-state index contributed by atoms with van der Waals surface area (Å²) in [5.41, 5.74) is -0.0541. The Kier molecular flexibility index (Phi) is 4.72. The van der Waals surface area contributed by atoms with Crippen LogP contribution < -0.4 is 5.63 Å². The molecule has 1 atom stereocenters. The number of fused-ring (bicyclic) bond motifs is 1. The lowest BCUT2D eigenvalue weighted by Crippen LogP contribution is -2.43. The van der Waals surface area contributed by atoms with E-state index in [1.165, 1.54) is 6.21 Å². The molecule has 24 heavy (non-hydrogen) atoms. The van der Waals surface area contributed by atoms with Crippen LogP contribution in [-0.4, -0.2) is 43.7 Å². The van der Waals surface area contributed by atoms with Gasteiger partial charge in [0.25, 0.3) is 0 Å². The van der Waals surface area contributed by atoms with Crippen molar-refractivity contribution in [2.24, 2.45) is 5.10 Å². The molecule has 0 radical (unpaired) electrons. The van der Waals surface area contributed by atoms with E-state index in [9.17, 15) is 13.2 Å². The summed E-state index contributed by atoms with van der Waals surface area (Å²) < 4.78 is 29.3. The Bertz CT molecular complexity index is 987. The molecular formula is C15H14BrClN2O4S. The number of nitrogens with zero attached hydrogens (tertiary/aromatic N) is 2. The van der Waals surface area contributed by atoms with Gasteiger partial charge in [0.05, 0.1) is 40.9 Å². The third kappa shape index (κ3) is 3.50. The molecule has 1 unspecified atom stereocenters. The van der Waals surface area contributed by atoms with Gasteiger partial charge in [0.2, 0.25) is 0 Å². The largest absolute Gasteiger partial charge is 0.422 e. The summed E-state index contributed by atoms with van der Waals surface area (Å²) in [6, 6.07) is 4.91. The highest BCUT2D eigenvalue weighted by Gasteiger charge is 2.27. The van der Waals surface area contributed by atoms with Gasteiger partial charge in [-0.2, -0.15) is 5.10 Å². The lowest BCUT2D eigenvalue weighted by molar-refractivity contribution is 0.239. The van der Waals surface area contributed by atoms with Crippen molar-refractivity contribution in [1.82, 2.24) is 5.01 Å². The van der Waals surface area contributed by atoms with E-state index in [1.807, 2.05) is 0 Å². The monoisotopic (exact) mass is 432 g/mol. The van der Waals surface area contributed by atoms with E-state index >= 15 is 0 Å². The number of hydrogen-bond donors (Lipinski definition) is 0. The normalized spacial score (nSPS) is 20.8. The van der Waals surface area contributed by atoms with E-state index < -0.39 is 15.5 Å². The second-order valence-electron chi connectivity index (χ2n) is 5.63. The molecule has 1 aliphatic rings. The summed E-state index contributed by atoms with van der Waals surface area (Å²) in [6.45, 7) is 2.05. The van der Waals surface area contributed by atoms with Gasteiger partial charge in [-0.3, -0.25) is 5.01 Å². The molecule has 128 valence electrons. The second kappa shape index (κ2) is 6.50. The van der Waals surface area contributed by atoms with Crippen LogP contribution in [0.2, 0.25) is 5.02 Å². The van der Waals surface area contributed by atoms with E-state index in [-0.39, 0.29) is 34.7 Å². The molecule has 1 aromatic carbocycles. The van der Waals surface area contributed by atoms with Gasteiger partial charge < -0.3 is 4.42 Å². The van der Waals surface area contributed by atoms with Crippen molar-refractivity contribution in [1.29, 1.82) is 0 Å². The molecule has 0 N–H and O–H groups in total. The van der Waals surface area contributed by atoms with Crippen molar-refractivity contribution >= 4 is 54.6 Å². The molecule has 2 heterocycles. The van der Waals surface area contributed by atoms with E-state index in [2.05, 4.69) is 21.0 Å². The maximum Gasteiger partial charge on any atom is 0.346 e. The summed E-state index contributed by atoms with van der Waals surface area (Å²) >= 11 is 9.68. The molecule has 0 aliphatic carbocycles. The molecule has 9 heteroatoms. The number of hydrazone groups is 1. The van der Waals surface area contributed by atoms with Crippen LogP contribution >= 0.6 is 27.5 Å². The molecule has 1 aliphatic heterocycles. The minimum atomic E-state index is -3.02. The molecule has 1 aromatic heterocycles. The minimum Gasteiger partial charge on any atom is -0.422 e. The van der Waals surface area contributed by atoms with Crippen LogP contribution in [0.15, 0.2) is 37.0 Å². The predicted molar refractivity (Wildman–Crippen MR) is 97.6 cm³/mol. The molecule has 0 amide bonds. The van der Waals surface area contributed by atoms with Crippen molar-refractivity contribution in [3.63, 3.8) is 0 Å². The van der Waals surface area contributed by atoms with E-state index in [0.29, 0.717) is 11.0 Å². The van der Waals surface area contributed by atoms with Gasteiger partial charge in [0.15, 0.2) is 9.84 Å². The first-order valence-corrected chi connectivity index (χ1v) is 10.2. The average molecular weight is 434 g/mol. The first kappa shape index (κ1) is 17.4. The van der Waals surface area contributed by atoms with Crippen LogP contribution in [0.4, 0.5) is 0 Å². The molecule has 2 aromatic rings. The molecule has 0 spiro atoms. The lowest BCUT2D eigenvalue weighted by Gasteiger charge is -2.30. The third-order valence-electron chi connectivity index (χ3n) is 3.81. The van der Waals surface area contributed by atoms with Crippen molar-refractivity contribution in [3.05, 3.63) is 43.7 Å². The van der Waals surface area contributed by atoms with Gasteiger partial charge >= 0.3 is 5.63 Å². The third-order valence-corrected chi connectivity index (χ3v) is 6.50. The Balaban J connectivity index is 1.97.